The molecule has 0 bridgehead atoms. The number of aromatic nitrogens is 2. The fourth-order valence-electron chi connectivity index (χ4n) is 3.51. The molecule has 0 aliphatic carbocycles. The first-order valence-electron chi connectivity index (χ1n) is 9.82. The third-order valence-electron chi connectivity index (χ3n) is 5.16. The standard InChI is InChI=1S/C21H21N5O5/c1-30-18-6-2-4-14(12-18)19-23-20(31-24-19)15-5-3-11-25(13-15)21(27)22-16-7-9-17(10-8-16)26(28)29/h2,4,6-10,12,15H,3,5,11,13H2,1H3,(H,22,27). The SMILES string of the molecule is COc1cccc(-c2noc(C3CCCN(C(=O)Nc4ccc([N+](=O)[O-])cc4)C3)n2)c1. The molecule has 10 nitrogen and oxygen atoms in total. The first-order valence-corrected chi connectivity index (χ1v) is 9.82. The summed E-state index contributed by atoms with van der Waals surface area (Å²) >= 11 is 0. The van der Waals surface area contributed by atoms with Crippen LogP contribution in [-0.4, -0.2) is 46.2 Å². The van der Waals surface area contributed by atoms with Gasteiger partial charge >= 0.3 is 6.03 Å². The fourth-order valence-corrected chi connectivity index (χ4v) is 3.51. The molecular formula is C21H21N5O5. The van der Waals surface area contributed by atoms with Crippen LogP contribution in [0.5, 0.6) is 5.75 Å². The molecule has 1 saturated heterocycles. The highest BCUT2D eigenvalue weighted by molar-refractivity contribution is 5.89. The van der Waals surface area contributed by atoms with Crippen molar-refractivity contribution < 1.29 is 19.0 Å². The van der Waals surface area contributed by atoms with Gasteiger partial charge in [0.25, 0.3) is 5.69 Å². The van der Waals surface area contributed by atoms with Crippen molar-refractivity contribution in [2.24, 2.45) is 0 Å². The highest BCUT2D eigenvalue weighted by atomic mass is 16.6. The maximum absolute atomic E-state index is 12.7. The Morgan fingerprint density at radius 3 is 2.84 bits per heavy atom. The van der Waals surface area contributed by atoms with Gasteiger partial charge in [0.2, 0.25) is 11.7 Å². The topological polar surface area (TPSA) is 124 Å². The number of likely N-dealkylation sites (tertiary alicyclic amines) is 1. The van der Waals surface area contributed by atoms with Gasteiger partial charge in [0.05, 0.1) is 18.0 Å². The number of non-ortho nitro benzene ring substituents is 1. The molecule has 3 aromatic rings. The number of carbonyl (C=O) groups is 1. The second kappa shape index (κ2) is 8.82. The lowest BCUT2D eigenvalue weighted by atomic mass is 9.98. The molecule has 0 radical (unpaired) electrons. The van der Waals surface area contributed by atoms with Crippen molar-refractivity contribution in [2.75, 3.05) is 25.5 Å². The summed E-state index contributed by atoms with van der Waals surface area (Å²) in [7, 11) is 1.60. The van der Waals surface area contributed by atoms with Gasteiger partial charge in [-0.25, -0.2) is 4.79 Å². The smallest absolute Gasteiger partial charge is 0.321 e. The largest absolute Gasteiger partial charge is 0.497 e. The van der Waals surface area contributed by atoms with E-state index in [0.717, 1.165) is 18.4 Å². The third kappa shape index (κ3) is 4.63. The number of methoxy groups -OCH3 is 1. The van der Waals surface area contributed by atoms with E-state index in [9.17, 15) is 14.9 Å². The second-order valence-electron chi connectivity index (χ2n) is 7.21. The predicted octanol–water partition coefficient (Wildman–Crippen LogP) is 4.06. The molecular weight excluding hydrogens is 402 g/mol. The Morgan fingerprint density at radius 1 is 1.29 bits per heavy atom. The first-order chi connectivity index (χ1) is 15.0. The van der Waals surface area contributed by atoms with Crippen molar-refractivity contribution in [3.63, 3.8) is 0 Å². The average molecular weight is 423 g/mol. The number of piperidine rings is 1. The maximum Gasteiger partial charge on any atom is 0.321 e. The lowest BCUT2D eigenvalue weighted by molar-refractivity contribution is -0.384. The second-order valence-corrected chi connectivity index (χ2v) is 7.21. The molecule has 1 aromatic heterocycles. The Morgan fingerprint density at radius 2 is 2.10 bits per heavy atom. The lowest BCUT2D eigenvalue weighted by Gasteiger charge is -2.31. The minimum Gasteiger partial charge on any atom is -0.497 e. The number of hydrogen-bond acceptors (Lipinski definition) is 7. The molecule has 0 saturated carbocycles. The zero-order valence-electron chi connectivity index (χ0n) is 16.9. The highest BCUT2D eigenvalue weighted by Gasteiger charge is 2.29. The van der Waals surface area contributed by atoms with Crippen LogP contribution in [0.4, 0.5) is 16.2 Å². The molecule has 1 atom stereocenters. The Hall–Kier alpha value is -3.95. The summed E-state index contributed by atoms with van der Waals surface area (Å²) in [6.45, 7) is 1.05. The van der Waals surface area contributed by atoms with Gasteiger partial charge in [0, 0.05) is 36.5 Å². The monoisotopic (exact) mass is 423 g/mol. The van der Waals surface area contributed by atoms with E-state index >= 15 is 0 Å². The van der Waals surface area contributed by atoms with Crippen LogP contribution in [0.25, 0.3) is 11.4 Å². The third-order valence-corrected chi connectivity index (χ3v) is 5.16. The van der Waals surface area contributed by atoms with Gasteiger partial charge in [0.15, 0.2) is 0 Å². The number of urea groups is 1. The van der Waals surface area contributed by atoms with E-state index in [1.807, 2.05) is 24.3 Å². The van der Waals surface area contributed by atoms with E-state index in [1.165, 1.54) is 24.3 Å². The molecule has 1 fully saturated rings. The van der Waals surface area contributed by atoms with Crippen LogP contribution in [0.1, 0.15) is 24.7 Å². The number of nitro benzene ring substituents is 1. The highest BCUT2D eigenvalue weighted by Crippen LogP contribution is 2.29. The number of benzene rings is 2. The van der Waals surface area contributed by atoms with Crippen molar-refractivity contribution in [2.45, 2.75) is 18.8 Å². The normalized spacial score (nSPS) is 16.0. The number of carbonyl (C=O) groups excluding carboxylic acids is 1. The zero-order valence-corrected chi connectivity index (χ0v) is 16.9. The molecule has 1 unspecified atom stereocenters. The van der Waals surface area contributed by atoms with Gasteiger partial charge in [-0.15, -0.1) is 0 Å². The number of amides is 2. The molecule has 160 valence electrons. The Labute approximate surface area is 178 Å². The fraction of sp³-hybridized carbons (Fsp3) is 0.286. The van der Waals surface area contributed by atoms with Crippen molar-refractivity contribution in [1.82, 2.24) is 15.0 Å². The van der Waals surface area contributed by atoms with Crippen LogP contribution in [0.15, 0.2) is 53.1 Å². The van der Waals surface area contributed by atoms with Crippen LogP contribution in [0, 0.1) is 10.1 Å². The Balaban J connectivity index is 1.42. The molecule has 31 heavy (non-hydrogen) atoms. The number of hydrogen-bond donors (Lipinski definition) is 1. The van der Waals surface area contributed by atoms with Gasteiger partial charge in [-0.05, 0) is 37.1 Å². The summed E-state index contributed by atoms with van der Waals surface area (Å²) in [6, 6.07) is 12.9. The minimum absolute atomic E-state index is 0.0285. The summed E-state index contributed by atoms with van der Waals surface area (Å²) in [5.74, 6) is 1.60. The number of nitro groups is 1. The molecule has 0 spiro atoms. The van der Waals surface area contributed by atoms with Crippen LogP contribution in [0.2, 0.25) is 0 Å². The number of rotatable bonds is 5. The van der Waals surface area contributed by atoms with E-state index in [-0.39, 0.29) is 17.6 Å². The van der Waals surface area contributed by atoms with Crippen molar-refractivity contribution >= 4 is 17.4 Å². The van der Waals surface area contributed by atoms with E-state index < -0.39 is 4.92 Å². The molecule has 2 aromatic carbocycles. The number of ether oxygens (including phenoxy) is 1. The Kier molecular flexibility index (Phi) is 5.78. The molecule has 10 heteroatoms. The minimum atomic E-state index is -0.481. The van der Waals surface area contributed by atoms with Crippen LogP contribution < -0.4 is 10.1 Å². The predicted molar refractivity (Wildman–Crippen MR) is 112 cm³/mol. The van der Waals surface area contributed by atoms with Crippen molar-refractivity contribution in [3.8, 4) is 17.1 Å². The van der Waals surface area contributed by atoms with Crippen LogP contribution in [-0.2, 0) is 0 Å². The van der Waals surface area contributed by atoms with Crippen LogP contribution in [0.3, 0.4) is 0 Å². The van der Waals surface area contributed by atoms with E-state index in [0.29, 0.717) is 36.2 Å². The summed E-state index contributed by atoms with van der Waals surface area (Å²) in [6.07, 6.45) is 1.64. The van der Waals surface area contributed by atoms with E-state index in [2.05, 4.69) is 15.5 Å². The van der Waals surface area contributed by atoms with E-state index in [1.54, 1.807) is 12.0 Å². The summed E-state index contributed by atoms with van der Waals surface area (Å²) < 4.78 is 10.7. The quantitative estimate of drug-likeness (QED) is 0.485. The van der Waals surface area contributed by atoms with Gasteiger partial charge in [0.1, 0.15) is 5.75 Å². The number of anilines is 1. The molecule has 1 N–H and O–H groups in total. The van der Waals surface area contributed by atoms with Gasteiger partial charge < -0.3 is 19.5 Å². The molecule has 1 aliphatic rings. The molecule has 1 aliphatic heterocycles. The summed E-state index contributed by atoms with van der Waals surface area (Å²) in [5.41, 5.74) is 1.26. The zero-order chi connectivity index (χ0) is 21.8. The van der Waals surface area contributed by atoms with Gasteiger partial charge in [-0.1, -0.05) is 17.3 Å². The van der Waals surface area contributed by atoms with Crippen LogP contribution >= 0.6 is 0 Å². The average Bonchev–Trinajstić information content (AvgIpc) is 3.30. The summed E-state index contributed by atoms with van der Waals surface area (Å²) in [4.78, 5) is 29.2. The van der Waals surface area contributed by atoms with E-state index in [4.69, 9.17) is 9.26 Å². The maximum atomic E-state index is 12.7. The van der Waals surface area contributed by atoms with Crippen molar-refractivity contribution in [3.05, 3.63) is 64.5 Å². The summed E-state index contributed by atoms with van der Waals surface area (Å²) in [5, 5.41) is 17.6. The number of nitrogens with one attached hydrogen (secondary N) is 1. The van der Waals surface area contributed by atoms with Gasteiger partial charge in [-0.2, -0.15) is 4.98 Å². The number of nitrogens with zero attached hydrogens (tertiary/aromatic N) is 4. The molecule has 2 heterocycles. The first kappa shape index (κ1) is 20.3. The van der Waals surface area contributed by atoms with Crippen molar-refractivity contribution in [1.29, 1.82) is 0 Å². The Bertz CT molecular complexity index is 1080. The van der Waals surface area contributed by atoms with Gasteiger partial charge in [-0.3, -0.25) is 10.1 Å². The lowest BCUT2D eigenvalue weighted by Crippen LogP contribution is -2.41. The molecule has 4 rings (SSSR count). The molecule has 2 amide bonds.